The van der Waals surface area contributed by atoms with E-state index in [1.807, 2.05) is 0 Å². The summed E-state index contributed by atoms with van der Waals surface area (Å²) in [6.45, 7) is 0.792. The third-order valence-corrected chi connectivity index (χ3v) is 4.81. The first kappa shape index (κ1) is 31.7. The molecule has 0 radical (unpaired) electrons. The van der Waals surface area contributed by atoms with Crippen LogP contribution in [-0.4, -0.2) is 61.0 Å². The van der Waals surface area contributed by atoms with Crippen LogP contribution in [0.15, 0.2) is 0 Å². The highest BCUT2D eigenvalue weighted by Crippen LogP contribution is 2.09. The second-order valence-electron chi connectivity index (χ2n) is 8.03. The molecule has 0 bridgehead atoms. The molecule has 0 heterocycles. The van der Waals surface area contributed by atoms with Crippen LogP contribution in [-0.2, 0) is 28.7 Å². The number of guanidine groups is 2. The molecule has 0 saturated heterocycles. The molecule has 0 aliphatic carbocycles. The van der Waals surface area contributed by atoms with Crippen molar-refractivity contribution >= 4 is 35.8 Å². The van der Waals surface area contributed by atoms with Crippen LogP contribution in [0.4, 0.5) is 0 Å². The van der Waals surface area contributed by atoms with Gasteiger partial charge in [-0.25, -0.2) is 9.59 Å². The van der Waals surface area contributed by atoms with Crippen molar-refractivity contribution in [3.8, 4) is 0 Å². The fourth-order valence-electron chi connectivity index (χ4n) is 2.87. The molecule has 0 spiro atoms. The van der Waals surface area contributed by atoms with Crippen LogP contribution >= 0.6 is 0 Å². The fourth-order valence-corrected chi connectivity index (χ4v) is 2.87. The topological polar surface area (TPSA) is 263 Å². The maximum absolute atomic E-state index is 11.8. The van der Waals surface area contributed by atoms with E-state index in [1.54, 1.807) is 0 Å². The Kier molecular flexibility index (Phi) is 17.3. The van der Waals surface area contributed by atoms with Gasteiger partial charge in [0.1, 0.15) is 12.1 Å². The van der Waals surface area contributed by atoms with Gasteiger partial charge in [-0.15, -0.1) is 0 Å². The Morgan fingerprint density at radius 3 is 1.31 bits per heavy atom. The van der Waals surface area contributed by atoms with Crippen molar-refractivity contribution in [2.75, 3.05) is 13.1 Å². The van der Waals surface area contributed by atoms with Crippen molar-refractivity contribution < 1.29 is 28.7 Å². The fraction of sp³-hybridized carbons (Fsp3) is 0.714. The minimum atomic E-state index is -0.919. The lowest BCUT2D eigenvalue weighted by Crippen LogP contribution is -2.36. The standard InChI is InChI=1S/C21H40N8O6/c22-14(8-6-12-28-20(24)25)18(32)34-16(30)10-4-2-1-3-5-11-17(31)35-19(33)15(23)9-7-13-29-21(26)27/h14-15H,1-13,22-23H2,(H4,24,25,28)(H4,26,27,29)/t14-,15-/m0/s1. The molecule has 35 heavy (non-hydrogen) atoms. The summed E-state index contributed by atoms with van der Waals surface area (Å²) in [5.74, 6) is -3.17. The van der Waals surface area contributed by atoms with Crippen molar-refractivity contribution in [1.82, 2.24) is 10.6 Å². The van der Waals surface area contributed by atoms with E-state index in [4.69, 9.17) is 43.2 Å². The highest BCUT2D eigenvalue weighted by atomic mass is 16.6. The van der Waals surface area contributed by atoms with Crippen LogP contribution in [0, 0.1) is 10.8 Å². The van der Waals surface area contributed by atoms with Gasteiger partial charge < -0.3 is 43.0 Å². The number of nitrogens with two attached hydrogens (primary N) is 4. The molecule has 0 aromatic heterocycles. The first-order valence-electron chi connectivity index (χ1n) is 11.7. The molecule has 0 amide bonds. The second kappa shape index (κ2) is 19.1. The van der Waals surface area contributed by atoms with E-state index in [2.05, 4.69) is 10.6 Å². The molecular weight excluding hydrogens is 460 g/mol. The minimum Gasteiger partial charge on any atom is -0.392 e. The molecule has 12 N–H and O–H groups in total. The zero-order chi connectivity index (χ0) is 26.6. The highest BCUT2D eigenvalue weighted by Gasteiger charge is 2.19. The molecule has 14 nitrogen and oxygen atoms in total. The van der Waals surface area contributed by atoms with E-state index in [1.165, 1.54) is 0 Å². The number of carbonyl (C=O) groups is 4. The lowest BCUT2D eigenvalue weighted by Gasteiger charge is -2.11. The molecule has 0 aromatic rings. The van der Waals surface area contributed by atoms with Gasteiger partial charge in [-0.2, -0.15) is 0 Å². The van der Waals surface area contributed by atoms with Gasteiger partial charge in [-0.05, 0) is 38.5 Å². The number of esters is 4. The van der Waals surface area contributed by atoms with Crippen LogP contribution in [0.3, 0.4) is 0 Å². The van der Waals surface area contributed by atoms with E-state index in [0.29, 0.717) is 64.5 Å². The maximum Gasteiger partial charge on any atom is 0.330 e. The monoisotopic (exact) mass is 500 g/mol. The Morgan fingerprint density at radius 1 is 0.629 bits per heavy atom. The number of carbonyl (C=O) groups excluding carboxylic acids is 4. The van der Waals surface area contributed by atoms with Crippen LogP contribution in [0.2, 0.25) is 0 Å². The zero-order valence-electron chi connectivity index (χ0n) is 20.1. The first-order chi connectivity index (χ1) is 16.5. The number of nitrogens with one attached hydrogen (secondary N) is 4. The normalized spacial score (nSPS) is 12.2. The van der Waals surface area contributed by atoms with E-state index in [-0.39, 0.29) is 24.8 Å². The van der Waals surface area contributed by atoms with Gasteiger partial charge >= 0.3 is 23.9 Å². The predicted octanol–water partition coefficient (Wildman–Crippen LogP) is -0.962. The van der Waals surface area contributed by atoms with Crippen molar-refractivity contribution in [3.05, 3.63) is 0 Å². The molecule has 2 atom stereocenters. The Morgan fingerprint density at radius 2 is 0.971 bits per heavy atom. The number of hydrogen-bond donors (Lipinski definition) is 8. The number of ether oxygens (including phenoxy) is 2. The second-order valence-corrected chi connectivity index (χ2v) is 8.03. The van der Waals surface area contributed by atoms with E-state index >= 15 is 0 Å². The molecule has 0 aliphatic heterocycles. The Balaban J connectivity index is 3.78. The highest BCUT2D eigenvalue weighted by molar-refractivity contribution is 5.88. The summed E-state index contributed by atoms with van der Waals surface area (Å²) >= 11 is 0. The van der Waals surface area contributed by atoms with Gasteiger partial charge in [-0.3, -0.25) is 20.4 Å². The summed E-state index contributed by atoms with van der Waals surface area (Å²) in [5, 5.41) is 19.2. The van der Waals surface area contributed by atoms with Gasteiger partial charge in [0.05, 0.1) is 0 Å². The van der Waals surface area contributed by atoms with Gasteiger partial charge in [0.2, 0.25) is 0 Å². The lowest BCUT2D eigenvalue weighted by molar-refractivity contribution is -0.162. The molecule has 14 heteroatoms. The first-order valence-corrected chi connectivity index (χ1v) is 11.7. The van der Waals surface area contributed by atoms with E-state index < -0.39 is 36.0 Å². The average Bonchev–Trinajstić information content (AvgIpc) is 2.78. The summed E-state index contributed by atoms with van der Waals surface area (Å²) < 4.78 is 9.47. The zero-order valence-corrected chi connectivity index (χ0v) is 20.1. The summed E-state index contributed by atoms with van der Waals surface area (Å²) in [6.07, 6.45) is 4.99. The summed E-state index contributed by atoms with van der Waals surface area (Å²) in [5.41, 5.74) is 21.6. The van der Waals surface area contributed by atoms with Crippen LogP contribution in [0.5, 0.6) is 0 Å². The number of unbranched alkanes of at least 4 members (excludes halogenated alkanes) is 4. The third kappa shape index (κ3) is 18.8. The minimum absolute atomic E-state index is 0.0840. The van der Waals surface area contributed by atoms with Crippen molar-refractivity contribution in [3.63, 3.8) is 0 Å². The summed E-state index contributed by atoms with van der Waals surface area (Å²) in [7, 11) is 0. The molecular formula is C21H40N8O6. The largest absolute Gasteiger partial charge is 0.392 e. The van der Waals surface area contributed by atoms with Crippen molar-refractivity contribution in [2.24, 2.45) is 22.9 Å². The third-order valence-electron chi connectivity index (χ3n) is 4.81. The van der Waals surface area contributed by atoms with Gasteiger partial charge in [-0.1, -0.05) is 19.3 Å². The maximum atomic E-state index is 11.8. The predicted molar refractivity (Wildman–Crippen MR) is 129 cm³/mol. The van der Waals surface area contributed by atoms with Crippen molar-refractivity contribution in [2.45, 2.75) is 82.7 Å². The Hall–Kier alpha value is -3.26. The SMILES string of the molecule is N=C(N)NCCC[C@H](N)C(=O)OC(=O)CCCCCCCC(=O)OC(=O)[C@@H](N)CCCNC(=N)N. The quantitative estimate of drug-likeness (QED) is 0.0372. The van der Waals surface area contributed by atoms with Crippen LogP contribution < -0.4 is 33.6 Å². The van der Waals surface area contributed by atoms with E-state index in [9.17, 15) is 19.2 Å². The lowest BCUT2D eigenvalue weighted by atomic mass is 10.1. The molecule has 0 rings (SSSR count). The van der Waals surface area contributed by atoms with Gasteiger partial charge in [0, 0.05) is 25.9 Å². The van der Waals surface area contributed by atoms with Crippen LogP contribution in [0.1, 0.15) is 70.6 Å². The summed E-state index contributed by atoms with van der Waals surface area (Å²) in [6, 6.07) is -1.84. The van der Waals surface area contributed by atoms with Gasteiger partial charge in [0.15, 0.2) is 11.9 Å². The van der Waals surface area contributed by atoms with Crippen LogP contribution in [0.25, 0.3) is 0 Å². The van der Waals surface area contributed by atoms with Gasteiger partial charge in [0.25, 0.3) is 0 Å². The molecule has 0 saturated carbocycles. The Bertz CT molecular complexity index is 660. The molecule has 0 aliphatic rings. The van der Waals surface area contributed by atoms with E-state index in [0.717, 1.165) is 6.42 Å². The average molecular weight is 501 g/mol. The molecule has 200 valence electrons. The smallest absolute Gasteiger partial charge is 0.330 e. The summed E-state index contributed by atoms with van der Waals surface area (Å²) in [4.78, 5) is 47.1. The molecule has 0 fully saturated rings. The number of rotatable bonds is 18. The molecule has 0 unspecified atom stereocenters. The number of hydrogen-bond acceptors (Lipinski definition) is 10. The Labute approximate surface area is 205 Å². The molecule has 0 aromatic carbocycles. The van der Waals surface area contributed by atoms with Crippen molar-refractivity contribution in [1.29, 1.82) is 10.8 Å².